The van der Waals surface area contributed by atoms with E-state index in [-0.39, 0.29) is 10.0 Å². The Morgan fingerprint density at radius 1 is 1.14 bits per heavy atom. The van der Waals surface area contributed by atoms with Gasteiger partial charge in [-0.3, -0.25) is 4.79 Å². The van der Waals surface area contributed by atoms with E-state index in [1.54, 1.807) is 6.07 Å². The number of benzene rings is 2. The fraction of sp³-hybridized carbons (Fsp3) is 0.0625. The number of aryl methyl sites for hydroxylation is 1. The lowest BCUT2D eigenvalue weighted by Crippen LogP contribution is -2.07. The van der Waals surface area contributed by atoms with E-state index in [2.05, 4.69) is 20.9 Å². The van der Waals surface area contributed by atoms with Crippen LogP contribution in [0.25, 0.3) is 10.9 Å². The Morgan fingerprint density at radius 3 is 2.48 bits per heavy atom. The second kappa shape index (κ2) is 5.07. The topological polar surface area (TPSA) is 32.9 Å². The van der Waals surface area contributed by atoms with Crippen molar-refractivity contribution in [1.82, 2.24) is 4.98 Å². The molecule has 0 spiro atoms. The molecule has 1 N–H and O–H groups in total. The number of aromatic amines is 1. The Morgan fingerprint density at radius 2 is 1.81 bits per heavy atom. The van der Waals surface area contributed by atoms with E-state index >= 15 is 0 Å². The summed E-state index contributed by atoms with van der Waals surface area (Å²) >= 11 is 3.00. The van der Waals surface area contributed by atoms with Crippen molar-refractivity contribution in [3.05, 3.63) is 69.3 Å². The highest BCUT2D eigenvalue weighted by molar-refractivity contribution is 9.10. The highest BCUT2D eigenvalue weighted by Crippen LogP contribution is 2.26. The van der Waals surface area contributed by atoms with E-state index in [9.17, 15) is 13.6 Å². The van der Waals surface area contributed by atoms with Crippen LogP contribution in [0.4, 0.5) is 8.78 Å². The molecule has 0 amide bonds. The molecule has 3 aromatic rings. The van der Waals surface area contributed by atoms with Gasteiger partial charge in [-0.05, 0) is 30.7 Å². The van der Waals surface area contributed by atoms with Crippen molar-refractivity contribution in [2.24, 2.45) is 0 Å². The molecule has 0 unspecified atom stereocenters. The minimum atomic E-state index is -0.881. The van der Waals surface area contributed by atoms with Crippen LogP contribution in [0.5, 0.6) is 0 Å². The molecule has 1 heterocycles. The van der Waals surface area contributed by atoms with Crippen LogP contribution < -0.4 is 0 Å². The molecule has 0 aliphatic rings. The number of halogens is 3. The maximum Gasteiger partial charge on any atom is 0.201 e. The average molecular weight is 350 g/mol. The van der Waals surface area contributed by atoms with E-state index in [0.29, 0.717) is 5.39 Å². The highest BCUT2D eigenvalue weighted by Gasteiger charge is 2.22. The lowest BCUT2D eigenvalue weighted by atomic mass is 10.0. The molecule has 0 atom stereocenters. The maximum absolute atomic E-state index is 13.9. The quantitative estimate of drug-likeness (QED) is 0.665. The van der Waals surface area contributed by atoms with Crippen LogP contribution in [0.15, 0.2) is 41.0 Å². The summed E-state index contributed by atoms with van der Waals surface area (Å²) in [7, 11) is 0. The summed E-state index contributed by atoms with van der Waals surface area (Å²) in [5.41, 5.74) is 1.51. The monoisotopic (exact) mass is 349 g/mol. The van der Waals surface area contributed by atoms with Crippen molar-refractivity contribution in [3.63, 3.8) is 0 Å². The first-order valence-electron chi connectivity index (χ1n) is 6.24. The smallest absolute Gasteiger partial charge is 0.201 e. The molecule has 0 bridgehead atoms. The Balaban J connectivity index is 2.18. The zero-order valence-electron chi connectivity index (χ0n) is 11.0. The van der Waals surface area contributed by atoms with Crippen LogP contribution in [-0.2, 0) is 0 Å². The third-order valence-electron chi connectivity index (χ3n) is 3.32. The van der Waals surface area contributed by atoms with Gasteiger partial charge < -0.3 is 4.98 Å². The summed E-state index contributed by atoms with van der Waals surface area (Å²) in [6, 6.07) is 7.65. The van der Waals surface area contributed by atoms with Gasteiger partial charge in [0.2, 0.25) is 5.78 Å². The number of H-pyrrole nitrogens is 1. The van der Waals surface area contributed by atoms with Gasteiger partial charge in [0, 0.05) is 27.1 Å². The second-order valence-electron chi connectivity index (χ2n) is 4.82. The summed E-state index contributed by atoms with van der Waals surface area (Å²) < 4.78 is 28.1. The van der Waals surface area contributed by atoms with Gasteiger partial charge in [-0.2, -0.15) is 0 Å². The van der Waals surface area contributed by atoms with Gasteiger partial charge in [0.1, 0.15) is 11.6 Å². The average Bonchev–Trinajstić information content (AvgIpc) is 2.80. The molecule has 0 saturated carbocycles. The molecular formula is C16H10BrF2NO. The zero-order valence-corrected chi connectivity index (χ0v) is 12.6. The molecule has 0 fully saturated rings. The number of ketones is 1. The van der Waals surface area contributed by atoms with Crippen molar-refractivity contribution >= 4 is 32.6 Å². The Labute approximate surface area is 127 Å². The van der Waals surface area contributed by atoms with Crippen LogP contribution in [0, 0.1) is 18.6 Å². The maximum atomic E-state index is 13.9. The largest absolute Gasteiger partial charge is 0.360 e. The van der Waals surface area contributed by atoms with Crippen molar-refractivity contribution in [3.8, 4) is 0 Å². The number of aromatic nitrogens is 1. The van der Waals surface area contributed by atoms with Gasteiger partial charge >= 0.3 is 0 Å². The number of fused-ring (bicyclic) bond motifs is 1. The SMILES string of the molecule is Cc1ccc2c(C(=O)c3c(F)cc(Br)cc3F)c[nH]c2c1. The molecule has 106 valence electrons. The summed E-state index contributed by atoms with van der Waals surface area (Å²) in [4.78, 5) is 15.4. The predicted octanol–water partition coefficient (Wildman–Crippen LogP) is 4.75. The third-order valence-corrected chi connectivity index (χ3v) is 3.77. The fourth-order valence-electron chi connectivity index (χ4n) is 2.32. The summed E-state index contributed by atoms with van der Waals surface area (Å²) in [5.74, 6) is -2.44. The van der Waals surface area contributed by atoms with Gasteiger partial charge in [0.15, 0.2) is 0 Å². The Kier molecular flexibility index (Phi) is 3.37. The number of nitrogens with one attached hydrogen (secondary N) is 1. The number of rotatable bonds is 2. The lowest BCUT2D eigenvalue weighted by Gasteiger charge is -2.04. The molecule has 0 aliphatic heterocycles. The molecule has 1 aromatic heterocycles. The number of carbonyl (C=O) groups is 1. The number of hydrogen-bond donors (Lipinski definition) is 1. The van der Waals surface area contributed by atoms with Crippen LogP contribution >= 0.6 is 15.9 Å². The lowest BCUT2D eigenvalue weighted by molar-refractivity contribution is 0.103. The minimum Gasteiger partial charge on any atom is -0.360 e. The van der Waals surface area contributed by atoms with Gasteiger partial charge in [-0.15, -0.1) is 0 Å². The normalized spacial score (nSPS) is 11.0. The number of hydrogen-bond acceptors (Lipinski definition) is 1. The van der Waals surface area contributed by atoms with Crippen molar-refractivity contribution < 1.29 is 13.6 Å². The molecule has 0 radical (unpaired) electrons. The summed E-state index contributed by atoms with van der Waals surface area (Å²) in [6.07, 6.45) is 1.48. The first-order chi connectivity index (χ1) is 9.97. The Bertz CT molecular complexity index is 847. The van der Waals surface area contributed by atoms with Crippen molar-refractivity contribution in [2.75, 3.05) is 0 Å². The van der Waals surface area contributed by atoms with E-state index in [1.165, 1.54) is 6.20 Å². The van der Waals surface area contributed by atoms with Gasteiger partial charge in [-0.25, -0.2) is 8.78 Å². The van der Waals surface area contributed by atoms with E-state index in [1.807, 2.05) is 19.1 Å². The first-order valence-corrected chi connectivity index (χ1v) is 7.03. The van der Waals surface area contributed by atoms with Crippen LogP contribution in [0.3, 0.4) is 0 Å². The first kappa shape index (κ1) is 13.9. The molecule has 5 heteroatoms. The highest BCUT2D eigenvalue weighted by atomic mass is 79.9. The Hall–Kier alpha value is -2.01. The molecular weight excluding hydrogens is 340 g/mol. The molecule has 21 heavy (non-hydrogen) atoms. The minimum absolute atomic E-state index is 0.253. The van der Waals surface area contributed by atoms with Gasteiger partial charge in [0.05, 0.1) is 5.56 Å². The van der Waals surface area contributed by atoms with E-state index in [0.717, 1.165) is 23.2 Å². The molecule has 0 saturated heterocycles. The fourth-order valence-corrected chi connectivity index (χ4v) is 2.72. The van der Waals surface area contributed by atoms with Crippen LogP contribution in [0.1, 0.15) is 21.5 Å². The van der Waals surface area contributed by atoms with Crippen LogP contribution in [0.2, 0.25) is 0 Å². The zero-order chi connectivity index (χ0) is 15.1. The standard InChI is InChI=1S/C16H10BrF2NO/c1-8-2-3-10-11(7-20-14(10)4-8)16(21)15-12(18)5-9(17)6-13(15)19/h2-7,20H,1H3. The molecule has 2 nitrogen and oxygen atoms in total. The van der Waals surface area contributed by atoms with E-state index in [4.69, 9.17) is 0 Å². The predicted molar refractivity (Wildman–Crippen MR) is 80.5 cm³/mol. The third kappa shape index (κ3) is 2.38. The molecule has 3 rings (SSSR count). The van der Waals surface area contributed by atoms with Gasteiger partial charge in [-0.1, -0.05) is 28.1 Å². The molecule has 0 aliphatic carbocycles. The second-order valence-corrected chi connectivity index (χ2v) is 5.74. The van der Waals surface area contributed by atoms with Crippen molar-refractivity contribution in [2.45, 2.75) is 6.92 Å². The van der Waals surface area contributed by atoms with E-state index < -0.39 is 23.0 Å². The number of carbonyl (C=O) groups excluding carboxylic acids is 1. The van der Waals surface area contributed by atoms with Gasteiger partial charge in [0.25, 0.3) is 0 Å². The molecule has 2 aromatic carbocycles. The van der Waals surface area contributed by atoms with Crippen molar-refractivity contribution in [1.29, 1.82) is 0 Å². The van der Waals surface area contributed by atoms with Crippen LogP contribution in [-0.4, -0.2) is 10.8 Å². The summed E-state index contributed by atoms with van der Waals surface area (Å²) in [6.45, 7) is 1.93. The summed E-state index contributed by atoms with van der Waals surface area (Å²) in [5, 5.41) is 0.646.